The number of nitrogens with one attached hydrogen (secondary N) is 2. The highest BCUT2D eigenvalue weighted by molar-refractivity contribution is 7.89. The summed E-state index contributed by atoms with van der Waals surface area (Å²) in [5.74, 6) is -0.221. The van der Waals surface area contributed by atoms with Gasteiger partial charge in [0.05, 0.1) is 0 Å². The predicted molar refractivity (Wildman–Crippen MR) is 111 cm³/mol. The van der Waals surface area contributed by atoms with Crippen molar-refractivity contribution in [2.45, 2.75) is 49.1 Å². The number of pyridine rings is 1. The molecule has 29 heavy (non-hydrogen) atoms. The van der Waals surface area contributed by atoms with Crippen molar-refractivity contribution in [3.8, 4) is 0 Å². The molecule has 0 bridgehead atoms. The van der Waals surface area contributed by atoms with Crippen LogP contribution in [-0.2, 0) is 10.0 Å². The Morgan fingerprint density at radius 1 is 1.21 bits per heavy atom. The number of nitrogens with zero attached hydrogens (tertiary/aromatic N) is 2. The fourth-order valence-corrected chi connectivity index (χ4v) is 4.74. The number of unbranched alkanes of at least 4 members (excludes halogenated alkanes) is 2. The van der Waals surface area contributed by atoms with Gasteiger partial charge in [-0.2, -0.15) is 0 Å². The standard InChI is InChI=1S/C20H26ClFN4O2S/c1-26(29(27,28)18-9-10-20(21)23-14-18)11-4-2-3-8-17-13-19(25-24-17)15-6-5-7-16(22)12-15/h5-7,9-10,12,14,17,19,24-25H,2-4,8,11,13H2,1H3. The van der Waals surface area contributed by atoms with Gasteiger partial charge in [0, 0.05) is 31.9 Å². The Balaban J connectivity index is 1.37. The van der Waals surface area contributed by atoms with Crippen LogP contribution in [0.1, 0.15) is 43.7 Å². The molecule has 0 amide bonds. The van der Waals surface area contributed by atoms with Gasteiger partial charge < -0.3 is 0 Å². The number of sulfonamides is 1. The SMILES string of the molecule is CN(CCCCCC1CC(c2cccc(F)c2)NN1)S(=O)(=O)c1ccc(Cl)nc1. The molecule has 1 saturated heterocycles. The van der Waals surface area contributed by atoms with Crippen molar-refractivity contribution in [3.05, 3.63) is 59.1 Å². The van der Waals surface area contributed by atoms with E-state index in [1.54, 1.807) is 19.2 Å². The van der Waals surface area contributed by atoms with Gasteiger partial charge in [0.15, 0.2) is 0 Å². The third-order valence-electron chi connectivity index (χ3n) is 5.17. The number of rotatable bonds is 9. The van der Waals surface area contributed by atoms with E-state index < -0.39 is 10.0 Å². The first-order chi connectivity index (χ1) is 13.9. The molecule has 1 aliphatic heterocycles. The Labute approximate surface area is 176 Å². The van der Waals surface area contributed by atoms with Gasteiger partial charge in [-0.15, -0.1) is 0 Å². The first-order valence-corrected chi connectivity index (χ1v) is 11.5. The van der Waals surface area contributed by atoms with Crippen molar-refractivity contribution in [2.24, 2.45) is 0 Å². The van der Waals surface area contributed by atoms with Crippen LogP contribution in [0.25, 0.3) is 0 Å². The fourth-order valence-electron chi connectivity index (χ4n) is 3.47. The first-order valence-electron chi connectivity index (χ1n) is 9.70. The van der Waals surface area contributed by atoms with E-state index in [-0.39, 0.29) is 21.9 Å². The molecule has 0 saturated carbocycles. The van der Waals surface area contributed by atoms with Gasteiger partial charge in [-0.25, -0.2) is 22.1 Å². The summed E-state index contributed by atoms with van der Waals surface area (Å²) in [5, 5.41) is 0.265. The van der Waals surface area contributed by atoms with E-state index in [0.717, 1.165) is 37.7 Å². The summed E-state index contributed by atoms with van der Waals surface area (Å²) in [7, 11) is -1.96. The predicted octanol–water partition coefficient (Wildman–Crippen LogP) is 3.66. The minimum absolute atomic E-state index is 0.111. The average molecular weight is 441 g/mol. The molecule has 0 radical (unpaired) electrons. The summed E-state index contributed by atoms with van der Waals surface area (Å²) >= 11 is 5.72. The molecule has 6 nitrogen and oxygen atoms in total. The molecule has 158 valence electrons. The van der Waals surface area contributed by atoms with Crippen LogP contribution < -0.4 is 10.9 Å². The average Bonchev–Trinajstić information content (AvgIpc) is 3.17. The maximum absolute atomic E-state index is 13.4. The van der Waals surface area contributed by atoms with Crippen molar-refractivity contribution in [1.29, 1.82) is 0 Å². The van der Waals surface area contributed by atoms with Gasteiger partial charge in [-0.1, -0.05) is 36.6 Å². The summed E-state index contributed by atoms with van der Waals surface area (Å²) in [6.45, 7) is 0.452. The van der Waals surface area contributed by atoms with E-state index in [1.807, 2.05) is 6.07 Å². The maximum atomic E-state index is 13.4. The normalized spacial score (nSPS) is 19.7. The second-order valence-corrected chi connectivity index (χ2v) is 9.75. The topological polar surface area (TPSA) is 74.3 Å². The van der Waals surface area contributed by atoms with E-state index in [0.29, 0.717) is 12.6 Å². The van der Waals surface area contributed by atoms with Gasteiger partial charge in [0.1, 0.15) is 15.9 Å². The van der Waals surface area contributed by atoms with Crippen LogP contribution in [0.5, 0.6) is 0 Å². The quantitative estimate of drug-likeness (QED) is 0.459. The zero-order valence-electron chi connectivity index (χ0n) is 16.3. The van der Waals surface area contributed by atoms with Gasteiger partial charge in [0.2, 0.25) is 10.0 Å². The number of aromatic nitrogens is 1. The van der Waals surface area contributed by atoms with Crippen molar-refractivity contribution < 1.29 is 12.8 Å². The Kier molecular flexibility index (Phi) is 7.59. The van der Waals surface area contributed by atoms with E-state index >= 15 is 0 Å². The van der Waals surface area contributed by atoms with Crippen LogP contribution in [0.15, 0.2) is 47.5 Å². The zero-order valence-corrected chi connectivity index (χ0v) is 17.9. The Bertz CT molecular complexity index is 911. The summed E-state index contributed by atoms with van der Waals surface area (Å²) in [5.41, 5.74) is 7.46. The number of hydrogen-bond donors (Lipinski definition) is 2. The zero-order chi connectivity index (χ0) is 20.9. The van der Waals surface area contributed by atoms with Gasteiger partial charge >= 0.3 is 0 Å². The minimum atomic E-state index is -3.54. The molecule has 3 rings (SSSR count). The lowest BCUT2D eigenvalue weighted by atomic mass is 9.99. The number of halogens is 2. The Morgan fingerprint density at radius 2 is 2.03 bits per heavy atom. The Hall–Kier alpha value is -1.58. The van der Waals surface area contributed by atoms with Crippen LogP contribution in [0.2, 0.25) is 5.15 Å². The van der Waals surface area contributed by atoms with Gasteiger partial charge in [0.25, 0.3) is 0 Å². The van der Waals surface area contributed by atoms with Crippen LogP contribution in [0.3, 0.4) is 0 Å². The second-order valence-electron chi connectivity index (χ2n) is 7.32. The second kappa shape index (κ2) is 9.95. The molecular formula is C20H26ClFN4O2S. The van der Waals surface area contributed by atoms with E-state index in [2.05, 4.69) is 15.8 Å². The number of hydrazine groups is 1. The highest BCUT2D eigenvalue weighted by Gasteiger charge is 2.25. The van der Waals surface area contributed by atoms with Gasteiger partial charge in [-0.05, 0) is 49.1 Å². The molecule has 2 heterocycles. The highest BCUT2D eigenvalue weighted by Crippen LogP contribution is 2.25. The van der Waals surface area contributed by atoms with E-state index in [1.165, 1.54) is 28.7 Å². The Morgan fingerprint density at radius 3 is 2.76 bits per heavy atom. The van der Waals surface area contributed by atoms with Crippen LogP contribution in [-0.4, -0.2) is 37.3 Å². The monoisotopic (exact) mass is 440 g/mol. The van der Waals surface area contributed by atoms with Crippen LogP contribution in [0, 0.1) is 5.82 Å². The third kappa shape index (κ3) is 5.96. The lowest BCUT2D eigenvalue weighted by molar-refractivity contribution is 0.437. The number of hydrogen-bond acceptors (Lipinski definition) is 5. The molecule has 2 atom stereocenters. The smallest absolute Gasteiger partial charge is 0.244 e. The van der Waals surface area contributed by atoms with Gasteiger partial charge in [-0.3, -0.25) is 10.9 Å². The van der Waals surface area contributed by atoms with Crippen LogP contribution in [0.4, 0.5) is 4.39 Å². The summed E-state index contributed by atoms with van der Waals surface area (Å²) < 4.78 is 39.7. The number of benzene rings is 1. The molecule has 0 aliphatic carbocycles. The summed E-state index contributed by atoms with van der Waals surface area (Å²) in [4.78, 5) is 3.99. The summed E-state index contributed by atoms with van der Waals surface area (Å²) in [6.07, 6.45) is 5.87. The molecule has 0 spiro atoms. The van der Waals surface area contributed by atoms with E-state index in [9.17, 15) is 12.8 Å². The molecule has 2 unspecified atom stereocenters. The van der Waals surface area contributed by atoms with Crippen molar-refractivity contribution in [1.82, 2.24) is 20.1 Å². The first kappa shape index (κ1) is 22.1. The molecule has 1 aromatic heterocycles. The van der Waals surface area contributed by atoms with Crippen molar-refractivity contribution in [2.75, 3.05) is 13.6 Å². The molecule has 1 fully saturated rings. The lowest BCUT2D eigenvalue weighted by Crippen LogP contribution is -2.31. The van der Waals surface area contributed by atoms with Crippen molar-refractivity contribution >= 4 is 21.6 Å². The molecule has 2 aromatic rings. The molecule has 2 N–H and O–H groups in total. The molecular weight excluding hydrogens is 415 g/mol. The maximum Gasteiger partial charge on any atom is 0.244 e. The fraction of sp³-hybridized carbons (Fsp3) is 0.450. The van der Waals surface area contributed by atoms with E-state index in [4.69, 9.17) is 11.6 Å². The van der Waals surface area contributed by atoms with Crippen LogP contribution >= 0.6 is 11.6 Å². The highest BCUT2D eigenvalue weighted by atomic mass is 35.5. The molecule has 1 aromatic carbocycles. The van der Waals surface area contributed by atoms with Crippen molar-refractivity contribution in [3.63, 3.8) is 0 Å². The minimum Gasteiger partial charge on any atom is -0.254 e. The molecule has 9 heteroatoms. The lowest BCUT2D eigenvalue weighted by Gasteiger charge is -2.17. The summed E-state index contributed by atoms with van der Waals surface area (Å²) in [6, 6.07) is 10.0. The third-order valence-corrected chi connectivity index (χ3v) is 7.23. The molecule has 1 aliphatic rings. The largest absolute Gasteiger partial charge is 0.254 e.